The Bertz CT molecular complexity index is 1070. The van der Waals surface area contributed by atoms with Gasteiger partial charge in [0, 0.05) is 15.6 Å². The lowest BCUT2D eigenvalue weighted by Gasteiger charge is -2.04. The summed E-state index contributed by atoms with van der Waals surface area (Å²) in [6, 6.07) is 12.8. The summed E-state index contributed by atoms with van der Waals surface area (Å²) in [5.74, 6) is 14.6. The molecule has 2 aromatic carbocycles. The molecule has 0 saturated heterocycles. The van der Waals surface area contributed by atoms with E-state index in [4.69, 9.17) is 4.74 Å². The van der Waals surface area contributed by atoms with Crippen molar-refractivity contribution in [2.75, 3.05) is 6.61 Å². The van der Waals surface area contributed by atoms with E-state index in [-0.39, 0.29) is 12.4 Å². The summed E-state index contributed by atoms with van der Waals surface area (Å²) in [6.07, 6.45) is 0. The van der Waals surface area contributed by atoms with Crippen molar-refractivity contribution in [1.29, 1.82) is 0 Å². The number of carbonyl (C=O) groups excluding carboxylic acids is 1. The second kappa shape index (κ2) is 10.3. The third kappa shape index (κ3) is 7.41. The summed E-state index contributed by atoms with van der Waals surface area (Å²) >= 11 is 6.83. The molecule has 0 unspecified atom stereocenters. The predicted octanol–water partition coefficient (Wildman–Crippen LogP) is 5.71. The van der Waals surface area contributed by atoms with Gasteiger partial charge in [-0.3, -0.25) is 4.79 Å². The maximum Gasteiger partial charge on any atom is 0.236 e. The van der Waals surface area contributed by atoms with Crippen LogP contribution >= 0.6 is 31.9 Å². The van der Waals surface area contributed by atoms with Crippen molar-refractivity contribution in [1.82, 2.24) is 0 Å². The Balaban J connectivity index is 2.06. The van der Waals surface area contributed by atoms with Crippen molar-refractivity contribution in [3.8, 4) is 40.9 Å². The lowest BCUT2D eigenvalue weighted by atomic mass is 10.0. The van der Waals surface area contributed by atoms with Gasteiger partial charge in [0.05, 0.1) is 4.47 Å². The molecule has 0 spiro atoms. The molecule has 0 N–H and O–H groups in total. The van der Waals surface area contributed by atoms with E-state index >= 15 is 0 Å². The van der Waals surface area contributed by atoms with E-state index in [0.717, 1.165) is 8.95 Å². The fraction of sp³-hybridized carbons (Fsp3) is 0.174. The van der Waals surface area contributed by atoms with Gasteiger partial charge >= 0.3 is 0 Å². The van der Waals surface area contributed by atoms with E-state index in [0.29, 0.717) is 16.9 Å². The highest BCUT2D eigenvalue weighted by Crippen LogP contribution is 2.27. The minimum atomic E-state index is -1.61. The van der Waals surface area contributed by atoms with Gasteiger partial charge in [-0.25, -0.2) is 0 Å². The molecule has 0 saturated carbocycles. The standard InChI is InChI=1S/C23H18Br2O2Si/c1-28(2,3)16-14-22(26)20-11-7-6-10-18(20)9-5-4-8-15-27-23-13-12-19(24)17-21(23)25/h6-7,10-13,17H,15H2,1-3H3. The van der Waals surface area contributed by atoms with E-state index in [1.165, 1.54) is 0 Å². The maximum absolute atomic E-state index is 12.4. The number of ketones is 1. The van der Waals surface area contributed by atoms with Crippen molar-refractivity contribution in [3.63, 3.8) is 0 Å². The minimum absolute atomic E-state index is 0.205. The summed E-state index contributed by atoms with van der Waals surface area (Å²) in [6.45, 7) is 6.52. The van der Waals surface area contributed by atoms with Crippen LogP contribution in [0.4, 0.5) is 0 Å². The van der Waals surface area contributed by atoms with Crippen molar-refractivity contribution in [2.45, 2.75) is 19.6 Å². The van der Waals surface area contributed by atoms with Gasteiger partial charge in [0.15, 0.2) is 0 Å². The first kappa shape index (κ1) is 22.1. The second-order valence-corrected chi connectivity index (χ2v) is 13.3. The molecule has 0 aliphatic heterocycles. The molecule has 0 heterocycles. The monoisotopic (exact) mass is 512 g/mol. The van der Waals surface area contributed by atoms with Crippen LogP contribution in [-0.4, -0.2) is 20.5 Å². The highest BCUT2D eigenvalue weighted by Gasteiger charge is 2.11. The van der Waals surface area contributed by atoms with Gasteiger partial charge in [-0.1, -0.05) is 53.6 Å². The molecule has 0 atom stereocenters. The SMILES string of the molecule is C[Si](C)(C)C#CC(=O)c1ccccc1C#CC#CCOc1ccc(Br)cc1Br. The number of Topliss-reactive ketones (excluding diaryl/α,β-unsaturated/α-hetero) is 1. The van der Waals surface area contributed by atoms with E-state index in [9.17, 15) is 4.79 Å². The third-order valence-electron chi connectivity index (χ3n) is 3.26. The van der Waals surface area contributed by atoms with Crippen LogP contribution in [-0.2, 0) is 0 Å². The van der Waals surface area contributed by atoms with Crippen molar-refractivity contribution >= 4 is 45.7 Å². The molecule has 0 aromatic heterocycles. The van der Waals surface area contributed by atoms with Crippen molar-refractivity contribution < 1.29 is 9.53 Å². The lowest BCUT2D eigenvalue weighted by Crippen LogP contribution is -2.17. The number of hydrogen-bond acceptors (Lipinski definition) is 2. The van der Waals surface area contributed by atoms with E-state index < -0.39 is 8.07 Å². The Morgan fingerprint density at radius 3 is 2.54 bits per heavy atom. The molecule has 0 aliphatic carbocycles. The van der Waals surface area contributed by atoms with Crippen molar-refractivity contribution in [2.24, 2.45) is 0 Å². The van der Waals surface area contributed by atoms with E-state index in [2.05, 4.69) is 86.6 Å². The van der Waals surface area contributed by atoms with E-state index in [1.54, 1.807) is 12.1 Å². The van der Waals surface area contributed by atoms with Crippen LogP contribution in [0.25, 0.3) is 0 Å². The Labute approximate surface area is 184 Å². The van der Waals surface area contributed by atoms with Gasteiger partial charge in [-0.2, -0.15) is 0 Å². The molecule has 140 valence electrons. The Hall–Kier alpha value is -2.23. The minimum Gasteiger partial charge on any atom is -0.480 e. The Morgan fingerprint density at radius 1 is 1.07 bits per heavy atom. The fourth-order valence-corrected chi connectivity index (χ4v) is 3.64. The number of rotatable bonds is 3. The molecule has 2 rings (SSSR count). The molecule has 0 radical (unpaired) electrons. The Kier molecular flexibility index (Phi) is 8.15. The topological polar surface area (TPSA) is 26.3 Å². The summed E-state index contributed by atoms with van der Waals surface area (Å²) in [5, 5.41) is 0. The van der Waals surface area contributed by atoms with Crippen LogP contribution in [0.3, 0.4) is 0 Å². The van der Waals surface area contributed by atoms with Crippen LogP contribution in [0.1, 0.15) is 15.9 Å². The quantitative estimate of drug-likeness (QED) is 0.298. The first-order valence-electron chi connectivity index (χ1n) is 8.49. The summed E-state index contributed by atoms with van der Waals surface area (Å²) in [5.41, 5.74) is 4.23. The average Bonchev–Trinajstić information content (AvgIpc) is 2.64. The van der Waals surface area contributed by atoms with Crippen LogP contribution < -0.4 is 4.74 Å². The smallest absolute Gasteiger partial charge is 0.236 e. The second-order valence-electron chi connectivity index (χ2n) is 6.79. The van der Waals surface area contributed by atoms with E-state index in [1.807, 2.05) is 30.3 Å². The molecule has 0 aliphatic rings. The molecule has 2 nitrogen and oxygen atoms in total. The number of halogens is 2. The number of benzene rings is 2. The molecule has 5 heteroatoms. The highest BCUT2D eigenvalue weighted by molar-refractivity contribution is 9.11. The zero-order valence-electron chi connectivity index (χ0n) is 15.8. The van der Waals surface area contributed by atoms with Gasteiger partial charge in [0.2, 0.25) is 5.78 Å². The Morgan fingerprint density at radius 2 is 1.82 bits per heavy atom. The van der Waals surface area contributed by atoms with Gasteiger partial charge in [-0.05, 0) is 69.9 Å². The van der Waals surface area contributed by atoms with Crippen molar-refractivity contribution in [3.05, 3.63) is 62.5 Å². The van der Waals surface area contributed by atoms with Gasteiger partial charge in [-0.15, -0.1) is 5.54 Å². The zero-order chi connectivity index (χ0) is 20.6. The molecule has 28 heavy (non-hydrogen) atoms. The van der Waals surface area contributed by atoms with Crippen LogP contribution in [0, 0.1) is 35.1 Å². The average molecular weight is 514 g/mol. The number of hydrogen-bond donors (Lipinski definition) is 0. The first-order chi connectivity index (χ1) is 13.3. The molecule has 2 aromatic rings. The third-order valence-corrected chi connectivity index (χ3v) is 5.25. The lowest BCUT2D eigenvalue weighted by molar-refractivity contribution is 0.105. The molecule has 0 bridgehead atoms. The predicted molar refractivity (Wildman–Crippen MR) is 124 cm³/mol. The molecular formula is C23H18Br2O2Si. The summed E-state index contributed by atoms with van der Waals surface area (Å²) in [7, 11) is -1.61. The van der Waals surface area contributed by atoms with Crippen LogP contribution in [0.2, 0.25) is 19.6 Å². The number of ether oxygens (including phenoxy) is 1. The largest absolute Gasteiger partial charge is 0.480 e. The molecule has 0 amide bonds. The van der Waals surface area contributed by atoms with Crippen LogP contribution in [0.5, 0.6) is 5.75 Å². The number of carbonyl (C=O) groups is 1. The normalized spacial score (nSPS) is 9.75. The molecule has 0 fully saturated rings. The zero-order valence-corrected chi connectivity index (χ0v) is 20.0. The van der Waals surface area contributed by atoms with Gasteiger partial charge in [0.25, 0.3) is 0 Å². The maximum atomic E-state index is 12.4. The van der Waals surface area contributed by atoms with Crippen LogP contribution in [0.15, 0.2) is 51.4 Å². The van der Waals surface area contributed by atoms with Gasteiger partial charge in [0.1, 0.15) is 20.4 Å². The summed E-state index contributed by atoms with van der Waals surface area (Å²) < 4.78 is 7.41. The fourth-order valence-electron chi connectivity index (χ4n) is 1.99. The molecular weight excluding hydrogens is 496 g/mol. The highest BCUT2D eigenvalue weighted by atomic mass is 79.9. The van der Waals surface area contributed by atoms with Gasteiger partial charge < -0.3 is 4.74 Å². The first-order valence-corrected chi connectivity index (χ1v) is 13.6. The summed E-state index contributed by atoms with van der Waals surface area (Å²) in [4.78, 5) is 12.4.